The average molecular weight is 501 g/mol. The number of benzene rings is 3. The highest BCUT2D eigenvalue weighted by Crippen LogP contribution is 2.32. The van der Waals surface area contributed by atoms with Crippen LogP contribution in [0.5, 0.6) is 11.5 Å². The van der Waals surface area contributed by atoms with Crippen molar-refractivity contribution < 1.29 is 28.2 Å². The van der Waals surface area contributed by atoms with Crippen molar-refractivity contribution >= 4 is 34.9 Å². The minimum atomic E-state index is -0.462. The van der Waals surface area contributed by atoms with Crippen molar-refractivity contribution in [2.24, 2.45) is 0 Å². The predicted molar refractivity (Wildman–Crippen MR) is 133 cm³/mol. The summed E-state index contributed by atoms with van der Waals surface area (Å²) in [5, 5.41) is 2.81. The number of esters is 1. The first-order valence-electron chi connectivity index (χ1n) is 10.8. The molecule has 1 aliphatic heterocycles. The van der Waals surface area contributed by atoms with Gasteiger partial charge in [-0.15, -0.1) is 0 Å². The average Bonchev–Trinajstić information content (AvgIpc) is 2.85. The molecule has 4 rings (SSSR count). The molecule has 0 spiro atoms. The molecular formula is C26H26ClFN2O5. The summed E-state index contributed by atoms with van der Waals surface area (Å²) in [5.74, 6) is 0.424. The van der Waals surface area contributed by atoms with Gasteiger partial charge < -0.3 is 24.4 Å². The van der Waals surface area contributed by atoms with Gasteiger partial charge in [-0.3, -0.25) is 9.59 Å². The number of halogens is 2. The first kappa shape index (κ1) is 25.8. The zero-order valence-corrected chi connectivity index (χ0v) is 20.3. The minimum absolute atomic E-state index is 0.103. The summed E-state index contributed by atoms with van der Waals surface area (Å²) in [5.41, 5.74) is 1.85. The molecule has 3 aromatic carbocycles. The Morgan fingerprint density at radius 2 is 1.83 bits per heavy atom. The number of carbonyl (C=O) groups is 2. The van der Waals surface area contributed by atoms with E-state index in [4.69, 9.17) is 21.1 Å². The van der Waals surface area contributed by atoms with E-state index in [1.54, 1.807) is 24.3 Å². The van der Waals surface area contributed by atoms with Gasteiger partial charge in [-0.1, -0.05) is 23.7 Å². The Morgan fingerprint density at radius 3 is 2.49 bits per heavy atom. The third kappa shape index (κ3) is 7.35. The molecule has 3 aromatic rings. The van der Waals surface area contributed by atoms with Crippen molar-refractivity contribution in [3.05, 3.63) is 83.1 Å². The fraction of sp³-hybridized carbons (Fsp3) is 0.231. The molecule has 0 aliphatic carbocycles. The summed E-state index contributed by atoms with van der Waals surface area (Å²) >= 11 is 5.95. The van der Waals surface area contributed by atoms with Crippen molar-refractivity contribution in [2.45, 2.75) is 13.0 Å². The van der Waals surface area contributed by atoms with Crippen molar-refractivity contribution in [3.63, 3.8) is 0 Å². The number of carbonyl (C=O) groups excluding carboxylic acids is 2. The third-order valence-electron chi connectivity index (χ3n) is 5.07. The zero-order chi connectivity index (χ0) is 25.4. The van der Waals surface area contributed by atoms with Crippen LogP contribution in [0.2, 0.25) is 5.02 Å². The second kappa shape index (κ2) is 12.1. The van der Waals surface area contributed by atoms with Gasteiger partial charge >= 0.3 is 5.97 Å². The van der Waals surface area contributed by atoms with Crippen LogP contribution in [0.1, 0.15) is 17.3 Å². The number of nitrogens with one attached hydrogen (secondary N) is 1. The van der Waals surface area contributed by atoms with E-state index in [-0.39, 0.29) is 23.0 Å². The molecule has 1 atom stereocenters. The lowest BCUT2D eigenvalue weighted by Gasteiger charge is -2.33. The molecule has 0 saturated carbocycles. The highest BCUT2D eigenvalue weighted by molar-refractivity contribution is 6.33. The summed E-state index contributed by atoms with van der Waals surface area (Å²) in [4.78, 5) is 24.1. The summed E-state index contributed by atoms with van der Waals surface area (Å²) < 4.78 is 29.1. The van der Waals surface area contributed by atoms with Crippen molar-refractivity contribution in [1.29, 1.82) is 0 Å². The normalized spacial score (nSPS) is 14.0. The number of amides is 1. The molecule has 1 heterocycles. The quantitative estimate of drug-likeness (QED) is 0.486. The summed E-state index contributed by atoms with van der Waals surface area (Å²) in [6.07, 6.45) is -0.103. The molecule has 35 heavy (non-hydrogen) atoms. The lowest BCUT2D eigenvalue weighted by molar-refractivity contribution is -0.137. The highest BCUT2D eigenvalue weighted by atomic mass is 35.5. The molecule has 9 heteroatoms. The summed E-state index contributed by atoms with van der Waals surface area (Å²) in [6, 6.07) is 18.5. The van der Waals surface area contributed by atoms with Crippen LogP contribution >= 0.6 is 11.6 Å². The van der Waals surface area contributed by atoms with E-state index in [9.17, 15) is 14.0 Å². The topological polar surface area (TPSA) is 77.1 Å². The summed E-state index contributed by atoms with van der Waals surface area (Å²) in [6.45, 7) is 2.46. The number of nitrogens with zero attached hydrogens (tertiary/aromatic N) is 1. The number of ether oxygens (including phenoxy) is 3. The maximum Gasteiger partial charge on any atom is 0.302 e. The standard InChI is InChI=1S/C23H20ClFN2O3.C3H6O2/c1-27-13-18(30-22-5-3-2-4-21(22)27)14-29-17-9-6-15(7-10-17)23(28)26-20-11-8-16(25)12-19(20)24;1-3(4)5-2/h2-12,18H,13-14H2,1H3,(H,26,28);1-2H3/t18-;/m0./s1. The maximum atomic E-state index is 13.1. The van der Waals surface area contributed by atoms with Gasteiger partial charge in [0.15, 0.2) is 0 Å². The SMILES string of the molecule is CN1C[C@@H](COc2ccc(C(=O)Nc3ccc(F)cc3Cl)cc2)Oc2ccccc21.COC(C)=O. The molecule has 0 radical (unpaired) electrons. The van der Waals surface area contributed by atoms with E-state index in [1.165, 1.54) is 26.2 Å². The van der Waals surface area contributed by atoms with E-state index >= 15 is 0 Å². The van der Waals surface area contributed by atoms with Crippen molar-refractivity contribution in [2.75, 3.05) is 37.5 Å². The molecule has 0 bridgehead atoms. The van der Waals surface area contributed by atoms with Gasteiger partial charge in [0, 0.05) is 19.5 Å². The number of para-hydroxylation sites is 2. The highest BCUT2D eigenvalue weighted by Gasteiger charge is 2.23. The first-order valence-corrected chi connectivity index (χ1v) is 11.1. The number of methoxy groups -OCH3 is 1. The van der Waals surface area contributed by atoms with Crippen LogP contribution in [0.15, 0.2) is 66.7 Å². The van der Waals surface area contributed by atoms with Crippen LogP contribution in [0.3, 0.4) is 0 Å². The van der Waals surface area contributed by atoms with Crippen LogP contribution in [-0.4, -0.2) is 45.3 Å². The fourth-order valence-corrected chi connectivity index (χ4v) is 3.47. The molecule has 0 saturated heterocycles. The molecule has 184 valence electrons. The lowest BCUT2D eigenvalue weighted by atomic mass is 10.2. The molecule has 7 nitrogen and oxygen atoms in total. The van der Waals surface area contributed by atoms with Crippen LogP contribution < -0.4 is 19.7 Å². The Hall–Kier alpha value is -3.78. The monoisotopic (exact) mass is 500 g/mol. The molecular weight excluding hydrogens is 475 g/mol. The van der Waals surface area contributed by atoms with Gasteiger partial charge in [-0.25, -0.2) is 4.39 Å². The molecule has 0 unspecified atom stereocenters. The van der Waals surface area contributed by atoms with E-state index in [2.05, 4.69) is 15.0 Å². The van der Waals surface area contributed by atoms with E-state index < -0.39 is 5.82 Å². The van der Waals surface area contributed by atoms with Gasteiger partial charge in [0.25, 0.3) is 5.91 Å². The number of rotatable bonds is 5. The predicted octanol–water partition coefficient (Wildman–Crippen LogP) is 5.19. The van der Waals surface area contributed by atoms with E-state index in [1.807, 2.05) is 31.3 Å². The number of anilines is 2. The number of hydrogen-bond donors (Lipinski definition) is 1. The van der Waals surface area contributed by atoms with Gasteiger partial charge in [0.05, 0.1) is 30.1 Å². The number of fused-ring (bicyclic) bond motifs is 1. The Balaban J connectivity index is 0.000000623. The molecule has 1 N–H and O–H groups in total. The fourth-order valence-electron chi connectivity index (χ4n) is 3.26. The van der Waals surface area contributed by atoms with Crippen LogP contribution in [0.25, 0.3) is 0 Å². The van der Waals surface area contributed by atoms with Gasteiger partial charge in [0.2, 0.25) is 0 Å². The van der Waals surface area contributed by atoms with Crippen molar-refractivity contribution in [3.8, 4) is 11.5 Å². The Labute approximate surface area is 208 Å². The number of likely N-dealkylation sites (N-methyl/N-ethyl adjacent to an activating group) is 1. The molecule has 0 fully saturated rings. The minimum Gasteiger partial charge on any atom is -0.490 e. The summed E-state index contributed by atoms with van der Waals surface area (Å²) in [7, 11) is 3.37. The first-order chi connectivity index (χ1) is 16.8. The second-order valence-corrected chi connectivity index (χ2v) is 8.10. The second-order valence-electron chi connectivity index (χ2n) is 7.70. The van der Waals surface area contributed by atoms with Gasteiger partial charge in [0.1, 0.15) is 30.0 Å². The number of hydrogen-bond acceptors (Lipinski definition) is 6. The molecule has 0 aromatic heterocycles. The molecule has 1 amide bonds. The smallest absolute Gasteiger partial charge is 0.302 e. The van der Waals surface area contributed by atoms with Crippen LogP contribution in [-0.2, 0) is 9.53 Å². The van der Waals surface area contributed by atoms with Crippen molar-refractivity contribution in [1.82, 2.24) is 0 Å². The maximum absolute atomic E-state index is 13.1. The van der Waals surface area contributed by atoms with Crippen LogP contribution in [0.4, 0.5) is 15.8 Å². The lowest BCUT2D eigenvalue weighted by Crippen LogP contribution is -2.41. The van der Waals surface area contributed by atoms with Gasteiger partial charge in [-0.2, -0.15) is 0 Å². The molecule has 1 aliphatic rings. The third-order valence-corrected chi connectivity index (χ3v) is 5.38. The Kier molecular flexibility index (Phi) is 8.92. The Morgan fingerprint density at radius 1 is 1.14 bits per heavy atom. The van der Waals surface area contributed by atoms with E-state index in [0.29, 0.717) is 23.6 Å². The Bertz CT molecular complexity index is 1170. The van der Waals surface area contributed by atoms with Gasteiger partial charge in [-0.05, 0) is 54.6 Å². The van der Waals surface area contributed by atoms with E-state index in [0.717, 1.165) is 24.0 Å². The van der Waals surface area contributed by atoms with Crippen LogP contribution in [0, 0.1) is 5.82 Å². The largest absolute Gasteiger partial charge is 0.490 e. The zero-order valence-electron chi connectivity index (χ0n) is 19.6.